The molecule has 0 bridgehead atoms. The Morgan fingerprint density at radius 1 is 0.786 bits per heavy atom. The summed E-state index contributed by atoms with van der Waals surface area (Å²) in [4.78, 5) is 38.1. The van der Waals surface area contributed by atoms with E-state index in [1.807, 2.05) is 24.3 Å². The SMILES string of the molecule is O=C(/C=C/c1ccc(Br)cc1)Nc1cccc2c1C(=O)c1ccccc1C2=O. The van der Waals surface area contributed by atoms with Crippen molar-refractivity contribution in [1.82, 2.24) is 0 Å². The fraction of sp³-hybridized carbons (Fsp3) is 0. The molecule has 1 N–H and O–H groups in total. The van der Waals surface area contributed by atoms with Crippen LogP contribution in [-0.4, -0.2) is 17.5 Å². The van der Waals surface area contributed by atoms with Crippen LogP contribution in [0.2, 0.25) is 0 Å². The smallest absolute Gasteiger partial charge is 0.248 e. The maximum atomic E-state index is 12.9. The van der Waals surface area contributed by atoms with Gasteiger partial charge >= 0.3 is 0 Å². The summed E-state index contributed by atoms with van der Waals surface area (Å²) in [6, 6.07) is 19.1. The molecule has 0 radical (unpaired) electrons. The molecule has 1 amide bonds. The van der Waals surface area contributed by atoms with E-state index in [4.69, 9.17) is 0 Å². The molecule has 0 saturated heterocycles. The highest BCUT2D eigenvalue weighted by Crippen LogP contribution is 2.31. The van der Waals surface area contributed by atoms with E-state index in [2.05, 4.69) is 21.2 Å². The van der Waals surface area contributed by atoms with Crippen molar-refractivity contribution in [1.29, 1.82) is 0 Å². The number of hydrogen-bond acceptors (Lipinski definition) is 3. The summed E-state index contributed by atoms with van der Waals surface area (Å²) in [6.07, 6.45) is 3.07. The first-order valence-corrected chi connectivity index (χ1v) is 9.40. The number of carbonyl (C=O) groups is 3. The molecule has 28 heavy (non-hydrogen) atoms. The van der Waals surface area contributed by atoms with E-state index < -0.39 is 0 Å². The van der Waals surface area contributed by atoms with Crippen molar-refractivity contribution in [2.75, 3.05) is 5.32 Å². The standard InChI is InChI=1S/C23H14BrNO3/c24-15-11-8-14(9-12-15)10-13-20(26)25-19-7-3-6-18-21(19)23(28)17-5-2-1-4-16(17)22(18)27/h1-13H,(H,25,26)/b13-10+. The van der Waals surface area contributed by atoms with Gasteiger partial charge in [-0.15, -0.1) is 0 Å². The molecule has 1 aliphatic carbocycles. The first-order valence-electron chi connectivity index (χ1n) is 8.60. The van der Waals surface area contributed by atoms with Crippen LogP contribution in [-0.2, 0) is 4.79 Å². The van der Waals surface area contributed by atoms with E-state index in [-0.39, 0.29) is 23.0 Å². The second-order valence-corrected chi connectivity index (χ2v) is 7.22. The van der Waals surface area contributed by atoms with Gasteiger partial charge in [0.05, 0.1) is 11.3 Å². The highest BCUT2D eigenvalue weighted by atomic mass is 79.9. The molecular formula is C23H14BrNO3. The summed E-state index contributed by atoms with van der Waals surface area (Å²) in [5.74, 6) is -0.861. The van der Waals surface area contributed by atoms with Gasteiger partial charge in [-0.2, -0.15) is 0 Å². The van der Waals surface area contributed by atoms with Crippen LogP contribution < -0.4 is 5.32 Å². The molecule has 0 aromatic heterocycles. The van der Waals surface area contributed by atoms with E-state index in [9.17, 15) is 14.4 Å². The van der Waals surface area contributed by atoms with Gasteiger partial charge in [0.25, 0.3) is 0 Å². The summed E-state index contributed by atoms with van der Waals surface area (Å²) in [5.41, 5.74) is 2.48. The first-order chi connectivity index (χ1) is 13.5. The van der Waals surface area contributed by atoms with Crippen LogP contribution in [0.4, 0.5) is 5.69 Å². The number of rotatable bonds is 3. The van der Waals surface area contributed by atoms with Gasteiger partial charge in [-0.3, -0.25) is 14.4 Å². The molecule has 0 saturated carbocycles. The topological polar surface area (TPSA) is 63.2 Å². The zero-order chi connectivity index (χ0) is 19.7. The minimum Gasteiger partial charge on any atom is -0.322 e. The van der Waals surface area contributed by atoms with Gasteiger partial charge in [-0.1, -0.05) is 64.5 Å². The lowest BCUT2D eigenvalue weighted by molar-refractivity contribution is -0.111. The summed E-state index contributed by atoms with van der Waals surface area (Å²) in [6.45, 7) is 0. The predicted molar refractivity (Wildman–Crippen MR) is 112 cm³/mol. The van der Waals surface area contributed by atoms with Crippen LogP contribution in [0.5, 0.6) is 0 Å². The van der Waals surface area contributed by atoms with E-state index >= 15 is 0 Å². The highest BCUT2D eigenvalue weighted by Gasteiger charge is 2.31. The van der Waals surface area contributed by atoms with Crippen LogP contribution in [0.3, 0.4) is 0 Å². The Kier molecular flexibility index (Phi) is 4.75. The van der Waals surface area contributed by atoms with Gasteiger partial charge in [0, 0.05) is 27.2 Å². The molecule has 5 heteroatoms. The second kappa shape index (κ2) is 7.37. The zero-order valence-corrected chi connectivity index (χ0v) is 16.2. The number of ketones is 2. The Bertz CT molecular complexity index is 1150. The third kappa shape index (κ3) is 3.32. The molecule has 1 aliphatic rings. The Morgan fingerprint density at radius 2 is 1.43 bits per heavy atom. The molecule has 136 valence electrons. The largest absolute Gasteiger partial charge is 0.322 e. The van der Waals surface area contributed by atoms with E-state index in [1.165, 1.54) is 6.08 Å². The molecule has 0 spiro atoms. The average molecular weight is 432 g/mol. The predicted octanol–water partition coefficient (Wildman–Crippen LogP) is 4.88. The van der Waals surface area contributed by atoms with Gasteiger partial charge < -0.3 is 5.32 Å². The van der Waals surface area contributed by atoms with Crippen molar-refractivity contribution in [2.24, 2.45) is 0 Å². The maximum Gasteiger partial charge on any atom is 0.248 e. The Morgan fingerprint density at radius 3 is 2.14 bits per heavy atom. The van der Waals surface area contributed by atoms with E-state index in [0.717, 1.165) is 10.0 Å². The van der Waals surface area contributed by atoms with Gasteiger partial charge in [0.2, 0.25) is 5.91 Å². The van der Waals surface area contributed by atoms with Crippen LogP contribution >= 0.6 is 15.9 Å². The molecule has 4 rings (SSSR count). The fourth-order valence-corrected chi connectivity index (χ4v) is 3.43. The molecule has 0 heterocycles. The lowest BCUT2D eigenvalue weighted by Crippen LogP contribution is -2.23. The second-order valence-electron chi connectivity index (χ2n) is 6.31. The molecule has 0 fully saturated rings. The lowest BCUT2D eigenvalue weighted by Gasteiger charge is -2.20. The Labute approximate surface area is 170 Å². The minimum atomic E-state index is -0.379. The molecule has 4 nitrogen and oxygen atoms in total. The van der Waals surface area contributed by atoms with Crippen LogP contribution in [0.25, 0.3) is 6.08 Å². The summed E-state index contributed by atoms with van der Waals surface area (Å²) >= 11 is 3.36. The van der Waals surface area contributed by atoms with Gasteiger partial charge in [0.1, 0.15) is 0 Å². The van der Waals surface area contributed by atoms with E-state index in [0.29, 0.717) is 22.4 Å². The summed E-state index contributed by atoms with van der Waals surface area (Å²) < 4.78 is 0.952. The first kappa shape index (κ1) is 18.1. The van der Waals surface area contributed by atoms with Gasteiger partial charge in [0.15, 0.2) is 11.6 Å². The van der Waals surface area contributed by atoms with Crippen LogP contribution in [0, 0.1) is 0 Å². The van der Waals surface area contributed by atoms with E-state index in [1.54, 1.807) is 48.5 Å². The number of hydrogen-bond donors (Lipinski definition) is 1. The van der Waals surface area contributed by atoms with Gasteiger partial charge in [-0.05, 0) is 29.8 Å². The average Bonchev–Trinajstić information content (AvgIpc) is 2.71. The van der Waals surface area contributed by atoms with Crippen LogP contribution in [0.1, 0.15) is 37.4 Å². The third-order valence-electron chi connectivity index (χ3n) is 4.51. The molecule has 0 aliphatic heterocycles. The number of halogens is 1. The number of nitrogens with one attached hydrogen (secondary N) is 1. The monoisotopic (exact) mass is 431 g/mol. The third-order valence-corrected chi connectivity index (χ3v) is 5.04. The normalized spacial score (nSPS) is 12.6. The molecule has 3 aromatic rings. The summed E-state index contributed by atoms with van der Waals surface area (Å²) in [7, 11) is 0. The van der Waals surface area contributed by atoms with Gasteiger partial charge in [-0.25, -0.2) is 0 Å². The Hall–Kier alpha value is -3.31. The Balaban J connectivity index is 1.63. The van der Waals surface area contributed by atoms with Crippen molar-refractivity contribution in [3.63, 3.8) is 0 Å². The number of fused-ring (bicyclic) bond motifs is 2. The maximum absolute atomic E-state index is 12.9. The number of carbonyl (C=O) groups excluding carboxylic acids is 3. The van der Waals surface area contributed by atoms with Crippen molar-refractivity contribution < 1.29 is 14.4 Å². The minimum absolute atomic E-state index is 0.216. The van der Waals surface area contributed by atoms with Crippen molar-refractivity contribution in [2.45, 2.75) is 0 Å². The van der Waals surface area contributed by atoms with Crippen molar-refractivity contribution >= 4 is 45.2 Å². The lowest BCUT2D eigenvalue weighted by atomic mass is 9.83. The van der Waals surface area contributed by atoms with Crippen molar-refractivity contribution in [3.8, 4) is 0 Å². The number of amides is 1. The van der Waals surface area contributed by atoms with Crippen molar-refractivity contribution in [3.05, 3.63) is 105 Å². The van der Waals surface area contributed by atoms with Crippen LogP contribution in [0.15, 0.2) is 77.3 Å². The quantitative estimate of drug-likeness (QED) is 0.470. The molecule has 0 unspecified atom stereocenters. The molecule has 0 atom stereocenters. The zero-order valence-electron chi connectivity index (χ0n) is 14.6. The number of anilines is 1. The fourth-order valence-electron chi connectivity index (χ4n) is 3.17. The molecular weight excluding hydrogens is 418 g/mol. The summed E-state index contributed by atoms with van der Waals surface area (Å²) in [5, 5.41) is 2.73. The highest BCUT2D eigenvalue weighted by molar-refractivity contribution is 9.10. The molecule has 3 aromatic carbocycles. The number of benzene rings is 3.